The summed E-state index contributed by atoms with van der Waals surface area (Å²) in [5, 5.41) is 10.2. The first kappa shape index (κ1) is 27.6. The molecule has 0 spiro atoms. The number of carbonyl (C=O) groups is 1. The molecule has 0 saturated carbocycles. The van der Waals surface area contributed by atoms with E-state index in [9.17, 15) is 9.90 Å². The quantitative estimate of drug-likeness (QED) is 0.158. The van der Waals surface area contributed by atoms with Gasteiger partial charge in [0.1, 0.15) is 5.75 Å². The van der Waals surface area contributed by atoms with Crippen molar-refractivity contribution in [1.29, 1.82) is 0 Å². The Morgan fingerprint density at radius 3 is 2.19 bits per heavy atom. The number of hydrogen-bond donors (Lipinski definition) is 1. The average molecular weight is 533 g/mol. The van der Waals surface area contributed by atoms with Crippen molar-refractivity contribution >= 4 is 37.8 Å². The van der Waals surface area contributed by atoms with Gasteiger partial charge in [0.25, 0.3) is 0 Å². The highest BCUT2D eigenvalue weighted by molar-refractivity contribution is 8.82. The normalized spacial score (nSPS) is 16.2. The first-order chi connectivity index (χ1) is 17.9. The molecule has 0 bridgehead atoms. The van der Waals surface area contributed by atoms with Crippen molar-refractivity contribution in [1.82, 2.24) is 0 Å². The summed E-state index contributed by atoms with van der Waals surface area (Å²) in [6.45, 7) is 10.2. The molecule has 5 heteroatoms. The molecule has 2 aliphatic rings. The Morgan fingerprint density at radius 2 is 1.51 bits per heavy atom. The van der Waals surface area contributed by atoms with Crippen LogP contribution in [0.4, 0.5) is 0 Å². The molecule has 1 atom stereocenters. The number of benzene rings is 2. The van der Waals surface area contributed by atoms with Crippen LogP contribution in [-0.4, -0.2) is 17.2 Å². The maximum Gasteiger partial charge on any atom is 0.197 e. The lowest BCUT2D eigenvalue weighted by Gasteiger charge is -2.22. The number of unbranched alkanes of at least 4 members (excludes halogenated alkanes) is 6. The molecule has 1 heterocycles. The van der Waals surface area contributed by atoms with Gasteiger partial charge in [-0.25, -0.2) is 0 Å². The Morgan fingerprint density at radius 1 is 0.865 bits per heavy atom. The van der Waals surface area contributed by atoms with E-state index in [2.05, 4.69) is 19.2 Å². The predicted octanol–water partition coefficient (Wildman–Crippen LogP) is 9.37. The smallest absolute Gasteiger partial charge is 0.197 e. The number of rotatable bonds is 13. The Hall–Kier alpha value is -2.47. The van der Waals surface area contributed by atoms with Crippen LogP contribution in [0, 0.1) is 0 Å². The molecule has 4 rings (SSSR count). The average Bonchev–Trinajstić information content (AvgIpc) is 3.34. The van der Waals surface area contributed by atoms with Crippen LogP contribution in [-0.2, 0) is 0 Å². The number of fused-ring (bicyclic) bond motifs is 1. The van der Waals surface area contributed by atoms with Crippen LogP contribution in [0.5, 0.6) is 5.75 Å². The van der Waals surface area contributed by atoms with Gasteiger partial charge in [0.2, 0.25) is 0 Å². The molecule has 1 N–H and O–H groups in total. The van der Waals surface area contributed by atoms with Gasteiger partial charge in [-0.2, -0.15) is 0 Å². The van der Waals surface area contributed by atoms with Gasteiger partial charge in [0.15, 0.2) is 12.1 Å². The van der Waals surface area contributed by atoms with Crippen molar-refractivity contribution in [3.05, 3.63) is 101 Å². The first-order valence-electron chi connectivity index (χ1n) is 13.2. The molecule has 2 aromatic carbocycles. The van der Waals surface area contributed by atoms with Gasteiger partial charge in [-0.15, -0.1) is 0 Å². The fourth-order valence-corrected chi connectivity index (χ4v) is 6.88. The van der Waals surface area contributed by atoms with E-state index < -0.39 is 6.29 Å². The maximum absolute atomic E-state index is 12.7. The van der Waals surface area contributed by atoms with Gasteiger partial charge in [0, 0.05) is 27.4 Å². The Kier molecular flexibility index (Phi) is 9.95. The molecule has 1 aliphatic heterocycles. The zero-order valence-corrected chi connectivity index (χ0v) is 23.3. The highest BCUT2D eigenvalue weighted by atomic mass is 33.1. The largest absolute Gasteiger partial charge is 0.465 e. The van der Waals surface area contributed by atoms with Crippen LogP contribution >= 0.6 is 21.6 Å². The monoisotopic (exact) mass is 532 g/mol. The maximum atomic E-state index is 12.7. The van der Waals surface area contributed by atoms with Crippen molar-refractivity contribution < 1.29 is 14.6 Å². The number of carbonyl (C=O) groups excluding carboxylic acids is 1. The van der Waals surface area contributed by atoms with E-state index in [1.807, 2.05) is 55.5 Å². The zero-order chi connectivity index (χ0) is 26.2. The van der Waals surface area contributed by atoms with E-state index in [0.717, 1.165) is 76.8 Å². The SMILES string of the molecule is C=C1C=C(c2ccc(OC(O)CCCCCCCCCC3=C(C)C(=O)c4ccccc4C3=C)cc2)SS1. The minimum Gasteiger partial charge on any atom is -0.465 e. The van der Waals surface area contributed by atoms with Gasteiger partial charge in [-0.05, 0) is 66.7 Å². The molecule has 37 heavy (non-hydrogen) atoms. The molecule has 1 aliphatic carbocycles. The molecule has 0 amide bonds. The summed E-state index contributed by atoms with van der Waals surface area (Å²) in [7, 11) is 3.40. The molecule has 0 radical (unpaired) electrons. The fraction of sp³-hybridized carbons (Fsp3) is 0.344. The Labute approximate surface area is 229 Å². The molecule has 2 aromatic rings. The van der Waals surface area contributed by atoms with Gasteiger partial charge in [-0.1, -0.05) is 103 Å². The lowest BCUT2D eigenvalue weighted by Crippen LogP contribution is -2.15. The van der Waals surface area contributed by atoms with Crippen LogP contribution < -0.4 is 4.74 Å². The first-order valence-corrected chi connectivity index (χ1v) is 15.3. The third-order valence-electron chi connectivity index (χ3n) is 6.97. The van der Waals surface area contributed by atoms with E-state index in [4.69, 9.17) is 4.74 Å². The highest BCUT2D eigenvalue weighted by Crippen LogP contribution is 2.48. The second-order valence-corrected chi connectivity index (χ2v) is 12.0. The molecule has 0 saturated heterocycles. The van der Waals surface area contributed by atoms with Gasteiger partial charge in [0.05, 0.1) is 0 Å². The third-order valence-corrected chi connectivity index (χ3v) is 9.35. The summed E-state index contributed by atoms with van der Waals surface area (Å²) in [5.41, 5.74) is 5.92. The molecular formula is C32H36O3S2. The predicted molar refractivity (Wildman–Crippen MR) is 159 cm³/mol. The third kappa shape index (κ3) is 7.31. The van der Waals surface area contributed by atoms with Crippen molar-refractivity contribution in [3.8, 4) is 5.75 Å². The van der Waals surface area contributed by atoms with Crippen LogP contribution in [0.1, 0.15) is 86.2 Å². The standard InChI is InChI=1S/C32H36O3S2/c1-22-21-30(37-36-22)25-17-19-26(20-18-25)35-31(33)16-10-8-6-4-5-7-9-13-27-23(2)28-14-11-12-15-29(28)32(34)24(27)3/h11-12,14-15,17-21,31,33H,1-2,4-10,13,16H2,3H3. The van der Waals surface area contributed by atoms with Gasteiger partial charge >= 0.3 is 0 Å². The van der Waals surface area contributed by atoms with Crippen molar-refractivity contribution in [3.63, 3.8) is 0 Å². The summed E-state index contributed by atoms with van der Waals surface area (Å²) < 4.78 is 5.69. The van der Waals surface area contributed by atoms with Gasteiger partial charge in [-0.3, -0.25) is 4.79 Å². The summed E-state index contributed by atoms with van der Waals surface area (Å²) in [6, 6.07) is 15.7. The van der Waals surface area contributed by atoms with E-state index >= 15 is 0 Å². The number of aliphatic hydroxyl groups is 1. The summed E-state index contributed by atoms with van der Waals surface area (Å²) in [6.07, 6.45) is 10.7. The lowest BCUT2D eigenvalue weighted by atomic mass is 9.80. The highest BCUT2D eigenvalue weighted by Gasteiger charge is 2.25. The van der Waals surface area contributed by atoms with E-state index in [0.29, 0.717) is 12.2 Å². The summed E-state index contributed by atoms with van der Waals surface area (Å²) in [4.78, 5) is 15.0. The van der Waals surface area contributed by atoms with Crippen molar-refractivity contribution in [2.24, 2.45) is 0 Å². The minimum absolute atomic E-state index is 0.146. The lowest BCUT2D eigenvalue weighted by molar-refractivity contribution is -0.0246. The Bertz CT molecular complexity index is 1210. The molecule has 3 nitrogen and oxygen atoms in total. The van der Waals surface area contributed by atoms with Crippen molar-refractivity contribution in [2.75, 3.05) is 0 Å². The number of Topliss-reactive ketones (excluding diaryl/α,β-unsaturated/α-hetero) is 1. The summed E-state index contributed by atoms with van der Waals surface area (Å²) >= 11 is 0. The van der Waals surface area contributed by atoms with Crippen LogP contribution in [0.15, 0.2) is 83.8 Å². The number of allylic oxidation sites excluding steroid dienone is 4. The van der Waals surface area contributed by atoms with E-state index in [1.54, 1.807) is 21.6 Å². The van der Waals surface area contributed by atoms with Crippen molar-refractivity contribution in [2.45, 2.75) is 71.0 Å². The minimum atomic E-state index is -0.769. The van der Waals surface area contributed by atoms with E-state index in [1.165, 1.54) is 17.7 Å². The number of ether oxygens (including phenoxy) is 1. The van der Waals surface area contributed by atoms with Crippen LogP contribution in [0.3, 0.4) is 0 Å². The van der Waals surface area contributed by atoms with E-state index in [-0.39, 0.29) is 5.78 Å². The number of hydrogen-bond acceptors (Lipinski definition) is 5. The molecule has 0 fully saturated rings. The number of aliphatic hydroxyl groups excluding tert-OH is 1. The van der Waals surface area contributed by atoms with Crippen LogP contribution in [0.25, 0.3) is 10.5 Å². The molecule has 194 valence electrons. The molecule has 0 aromatic heterocycles. The van der Waals surface area contributed by atoms with Gasteiger partial charge < -0.3 is 9.84 Å². The topological polar surface area (TPSA) is 46.5 Å². The second-order valence-electron chi connectivity index (χ2n) is 9.71. The second kappa shape index (κ2) is 13.4. The Balaban J connectivity index is 1.07. The number of ketones is 1. The fourth-order valence-electron chi connectivity index (χ4n) is 4.85. The summed E-state index contributed by atoms with van der Waals surface area (Å²) in [5.74, 6) is 0.843. The molecule has 1 unspecified atom stereocenters. The zero-order valence-electron chi connectivity index (χ0n) is 21.6. The molecular weight excluding hydrogens is 496 g/mol. The van der Waals surface area contributed by atoms with Crippen LogP contribution in [0.2, 0.25) is 0 Å².